The molecule has 0 saturated carbocycles. The normalized spacial score (nSPS) is 12.2. The zero-order chi connectivity index (χ0) is 9.68. The molecule has 1 aromatic rings. The smallest absolute Gasteiger partial charge is 0.254 e. The van der Waals surface area contributed by atoms with Gasteiger partial charge in [-0.25, -0.2) is 0 Å². The van der Waals surface area contributed by atoms with E-state index in [9.17, 15) is 4.79 Å². The van der Waals surface area contributed by atoms with Crippen molar-refractivity contribution in [1.29, 1.82) is 0 Å². The number of aromatic nitrogens is 1. The first-order valence-electron chi connectivity index (χ1n) is 3.97. The number of pyridine rings is 1. The number of methoxy groups -OCH3 is 1. The Morgan fingerprint density at radius 1 is 1.69 bits per heavy atom. The summed E-state index contributed by atoms with van der Waals surface area (Å²) in [7, 11) is 1.54. The summed E-state index contributed by atoms with van der Waals surface area (Å²) in [5.74, 6) is -0.178. The maximum Gasteiger partial charge on any atom is 0.254 e. The van der Waals surface area contributed by atoms with Crippen LogP contribution in [0.5, 0.6) is 0 Å². The molecule has 4 nitrogen and oxygen atoms in total. The van der Waals surface area contributed by atoms with Crippen molar-refractivity contribution in [3.8, 4) is 0 Å². The summed E-state index contributed by atoms with van der Waals surface area (Å²) in [6.45, 7) is 1.76. The molecule has 1 amide bonds. The van der Waals surface area contributed by atoms with Crippen molar-refractivity contribution >= 4 is 5.91 Å². The molecule has 0 radical (unpaired) electrons. The van der Waals surface area contributed by atoms with E-state index in [-0.39, 0.29) is 12.1 Å². The van der Waals surface area contributed by atoms with Crippen LogP contribution < -0.4 is 5.32 Å². The molecule has 1 heterocycles. The van der Waals surface area contributed by atoms with Crippen LogP contribution in [-0.4, -0.2) is 24.2 Å². The van der Waals surface area contributed by atoms with Gasteiger partial charge in [0.25, 0.3) is 5.91 Å². The standard InChI is InChI=1S/C9H12N2O2/c1-7(13-2)11-9(12)8-4-3-5-10-6-8/h3-7H,1-2H3,(H,11,12). The Morgan fingerprint density at radius 3 is 3.00 bits per heavy atom. The Kier molecular flexibility index (Phi) is 3.40. The molecule has 70 valence electrons. The van der Waals surface area contributed by atoms with Crippen molar-refractivity contribution in [2.24, 2.45) is 0 Å². The molecule has 1 N–H and O–H groups in total. The summed E-state index contributed by atoms with van der Waals surface area (Å²) >= 11 is 0. The number of hydrogen-bond acceptors (Lipinski definition) is 3. The van der Waals surface area contributed by atoms with Crippen LogP contribution in [0.2, 0.25) is 0 Å². The number of ether oxygens (including phenoxy) is 1. The molecule has 0 aliphatic rings. The van der Waals surface area contributed by atoms with Crippen LogP contribution in [0.15, 0.2) is 24.5 Å². The maximum atomic E-state index is 11.4. The fourth-order valence-electron chi connectivity index (χ4n) is 0.824. The molecular formula is C9H12N2O2. The monoisotopic (exact) mass is 180 g/mol. The second-order valence-corrected chi connectivity index (χ2v) is 2.59. The van der Waals surface area contributed by atoms with Gasteiger partial charge in [-0.2, -0.15) is 0 Å². The summed E-state index contributed by atoms with van der Waals surface area (Å²) in [5, 5.41) is 2.64. The highest BCUT2D eigenvalue weighted by Gasteiger charge is 2.07. The summed E-state index contributed by atoms with van der Waals surface area (Å²) in [6, 6.07) is 3.41. The average Bonchev–Trinajstić information content (AvgIpc) is 2.19. The first kappa shape index (κ1) is 9.67. The number of nitrogens with one attached hydrogen (secondary N) is 1. The average molecular weight is 180 g/mol. The van der Waals surface area contributed by atoms with E-state index in [4.69, 9.17) is 4.74 Å². The molecule has 0 aliphatic heterocycles. The van der Waals surface area contributed by atoms with Crippen LogP contribution in [0.4, 0.5) is 0 Å². The van der Waals surface area contributed by atoms with E-state index >= 15 is 0 Å². The largest absolute Gasteiger partial charge is 0.362 e. The van der Waals surface area contributed by atoms with Gasteiger partial charge >= 0.3 is 0 Å². The van der Waals surface area contributed by atoms with Crippen LogP contribution in [0.3, 0.4) is 0 Å². The predicted octanol–water partition coefficient (Wildman–Crippen LogP) is 0.804. The van der Waals surface area contributed by atoms with Gasteiger partial charge in [0, 0.05) is 19.5 Å². The van der Waals surface area contributed by atoms with Gasteiger partial charge in [0.15, 0.2) is 0 Å². The van der Waals surface area contributed by atoms with Gasteiger partial charge in [-0.3, -0.25) is 9.78 Å². The highest BCUT2D eigenvalue weighted by atomic mass is 16.5. The maximum absolute atomic E-state index is 11.4. The van der Waals surface area contributed by atoms with Gasteiger partial charge < -0.3 is 10.1 Å². The van der Waals surface area contributed by atoms with Gasteiger partial charge in [0.05, 0.1) is 5.56 Å². The number of nitrogens with zero attached hydrogens (tertiary/aromatic N) is 1. The molecule has 1 rings (SSSR count). The van der Waals surface area contributed by atoms with Gasteiger partial charge in [-0.15, -0.1) is 0 Å². The second kappa shape index (κ2) is 4.57. The lowest BCUT2D eigenvalue weighted by Crippen LogP contribution is -2.33. The molecule has 0 bridgehead atoms. The Labute approximate surface area is 76.9 Å². The minimum absolute atomic E-state index is 0.178. The molecule has 0 saturated heterocycles. The fourth-order valence-corrected chi connectivity index (χ4v) is 0.824. The van der Waals surface area contributed by atoms with E-state index < -0.39 is 0 Å². The van der Waals surface area contributed by atoms with E-state index in [2.05, 4.69) is 10.3 Å². The fraction of sp³-hybridized carbons (Fsp3) is 0.333. The molecule has 0 spiro atoms. The zero-order valence-electron chi connectivity index (χ0n) is 7.65. The van der Waals surface area contributed by atoms with Crippen LogP contribution in [0, 0.1) is 0 Å². The third-order valence-electron chi connectivity index (χ3n) is 1.61. The molecule has 0 aromatic carbocycles. The number of carbonyl (C=O) groups is 1. The van der Waals surface area contributed by atoms with E-state index in [1.165, 1.54) is 13.3 Å². The minimum atomic E-state index is -0.285. The summed E-state index contributed by atoms with van der Waals surface area (Å²) in [6.07, 6.45) is 2.85. The van der Waals surface area contributed by atoms with Crippen LogP contribution >= 0.6 is 0 Å². The summed E-state index contributed by atoms with van der Waals surface area (Å²) in [4.78, 5) is 15.2. The van der Waals surface area contributed by atoms with Crippen molar-refractivity contribution in [1.82, 2.24) is 10.3 Å². The third kappa shape index (κ3) is 2.83. The molecular weight excluding hydrogens is 168 g/mol. The highest BCUT2D eigenvalue weighted by molar-refractivity contribution is 5.93. The van der Waals surface area contributed by atoms with Crippen molar-refractivity contribution in [2.45, 2.75) is 13.2 Å². The van der Waals surface area contributed by atoms with Gasteiger partial charge in [0.1, 0.15) is 6.23 Å². The molecule has 0 aliphatic carbocycles. The van der Waals surface area contributed by atoms with Crippen molar-refractivity contribution in [3.63, 3.8) is 0 Å². The highest BCUT2D eigenvalue weighted by Crippen LogP contribution is 1.96. The number of amides is 1. The Balaban J connectivity index is 2.59. The summed E-state index contributed by atoms with van der Waals surface area (Å²) in [5.41, 5.74) is 0.534. The third-order valence-corrected chi connectivity index (χ3v) is 1.61. The van der Waals surface area contributed by atoms with Crippen LogP contribution in [-0.2, 0) is 4.74 Å². The number of rotatable bonds is 3. The zero-order valence-corrected chi connectivity index (χ0v) is 7.65. The van der Waals surface area contributed by atoms with Crippen molar-refractivity contribution in [3.05, 3.63) is 30.1 Å². The number of carbonyl (C=O) groups excluding carboxylic acids is 1. The van der Waals surface area contributed by atoms with Crippen molar-refractivity contribution in [2.75, 3.05) is 7.11 Å². The van der Waals surface area contributed by atoms with Crippen molar-refractivity contribution < 1.29 is 9.53 Å². The molecule has 1 aromatic heterocycles. The summed E-state index contributed by atoms with van der Waals surface area (Å²) < 4.78 is 4.89. The Bertz CT molecular complexity index is 274. The quantitative estimate of drug-likeness (QED) is 0.700. The lowest BCUT2D eigenvalue weighted by Gasteiger charge is -2.10. The lowest BCUT2D eigenvalue weighted by molar-refractivity contribution is 0.0658. The Hall–Kier alpha value is -1.42. The minimum Gasteiger partial charge on any atom is -0.362 e. The molecule has 1 atom stereocenters. The first-order chi connectivity index (χ1) is 6.24. The Morgan fingerprint density at radius 2 is 2.46 bits per heavy atom. The van der Waals surface area contributed by atoms with E-state index in [0.717, 1.165) is 0 Å². The number of hydrogen-bond donors (Lipinski definition) is 1. The second-order valence-electron chi connectivity index (χ2n) is 2.59. The van der Waals surface area contributed by atoms with Gasteiger partial charge in [-0.05, 0) is 19.1 Å². The lowest BCUT2D eigenvalue weighted by atomic mass is 10.3. The van der Waals surface area contributed by atoms with E-state index in [0.29, 0.717) is 5.56 Å². The van der Waals surface area contributed by atoms with Gasteiger partial charge in [0.2, 0.25) is 0 Å². The topological polar surface area (TPSA) is 51.2 Å². The van der Waals surface area contributed by atoms with E-state index in [1.807, 2.05) is 0 Å². The van der Waals surface area contributed by atoms with Crippen LogP contribution in [0.1, 0.15) is 17.3 Å². The molecule has 4 heteroatoms. The predicted molar refractivity (Wildman–Crippen MR) is 48.2 cm³/mol. The molecule has 13 heavy (non-hydrogen) atoms. The van der Waals surface area contributed by atoms with E-state index in [1.54, 1.807) is 25.3 Å². The first-order valence-corrected chi connectivity index (χ1v) is 3.97. The van der Waals surface area contributed by atoms with Gasteiger partial charge in [-0.1, -0.05) is 0 Å². The molecule has 1 unspecified atom stereocenters. The SMILES string of the molecule is COC(C)NC(=O)c1cccnc1. The molecule has 0 fully saturated rings. The van der Waals surface area contributed by atoms with Crippen LogP contribution in [0.25, 0.3) is 0 Å².